The minimum absolute atomic E-state index is 0.148. The third-order valence-corrected chi connectivity index (χ3v) is 5.35. The zero-order chi connectivity index (χ0) is 23.9. The first kappa shape index (κ1) is 21.4. The van der Waals surface area contributed by atoms with Crippen LogP contribution in [-0.4, -0.2) is 16.9 Å². The van der Waals surface area contributed by atoms with Crippen LogP contribution in [0.25, 0.3) is 10.9 Å². The van der Waals surface area contributed by atoms with Crippen molar-refractivity contribution in [2.45, 2.75) is 12.5 Å². The number of nitrogens with zero attached hydrogens (tertiary/aromatic N) is 1. The normalized spacial score (nSPS) is 15.0. The van der Waals surface area contributed by atoms with Crippen molar-refractivity contribution in [1.29, 1.82) is 0 Å². The summed E-state index contributed by atoms with van der Waals surface area (Å²) in [5.74, 6) is -1.32. The van der Waals surface area contributed by atoms with Crippen molar-refractivity contribution >= 4 is 34.2 Å². The van der Waals surface area contributed by atoms with Gasteiger partial charge in [-0.05, 0) is 36.4 Å². The van der Waals surface area contributed by atoms with E-state index in [-0.39, 0.29) is 11.1 Å². The molecule has 0 fully saturated rings. The maximum Gasteiger partial charge on any atom is 0.416 e. The van der Waals surface area contributed by atoms with Crippen molar-refractivity contribution in [2.75, 3.05) is 5.32 Å². The monoisotopic (exact) mass is 464 g/mol. The maximum absolute atomic E-state index is 13.1. The Kier molecular flexibility index (Phi) is 5.16. The predicted octanol–water partition coefficient (Wildman–Crippen LogP) is 6.02. The number of cyclic esters (lactones) is 1. The van der Waals surface area contributed by atoms with Crippen molar-refractivity contribution in [3.63, 3.8) is 0 Å². The zero-order valence-corrected chi connectivity index (χ0v) is 17.3. The van der Waals surface area contributed by atoms with E-state index in [0.717, 1.165) is 12.1 Å². The molecule has 0 bridgehead atoms. The lowest BCUT2D eigenvalue weighted by Gasteiger charge is -2.16. The van der Waals surface area contributed by atoms with Crippen LogP contribution in [0.1, 0.15) is 38.1 Å². The molecule has 4 aromatic rings. The predicted molar refractivity (Wildman–Crippen MR) is 116 cm³/mol. The lowest BCUT2D eigenvalue weighted by molar-refractivity contribution is -0.137. The average Bonchev–Trinajstić information content (AvgIpc) is 3.14. The highest BCUT2D eigenvalue weighted by molar-refractivity contribution is 6.00. The number of alkyl halides is 3. The quantitative estimate of drug-likeness (QED) is 0.372. The first-order valence-electron chi connectivity index (χ1n) is 10.1. The van der Waals surface area contributed by atoms with Crippen molar-refractivity contribution in [1.82, 2.24) is 4.98 Å². The van der Waals surface area contributed by atoms with E-state index in [2.05, 4.69) is 10.3 Å². The van der Waals surface area contributed by atoms with E-state index < -0.39 is 30.0 Å². The van der Waals surface area contributed by atoms with E-state index in [1.165, 1.54) is 18.3 Å². The highest BCUT2D eigenvalue weighted by Crippen LogP contribution is 2.35. The van der Waals surface area contributed by atoms with Gasteiger partial charge in [0.2, 0.25) is 0 Å². The fraction of sp³-hybridized carbons (Fsp3) is 0.0800. The zero-order valence-electron chi connectivity index (χ0n) is 17.3. The number of pyridine rings is 1. The lowest BCUT2D eigenvalue weighted by atomic mass is 10.1. The number of aromatic nitrogens is 1. The third kappa shape index (κ3) is 3.92. The molecular formula is C25H15F3N2O4. The molecule has 1 aliphatic heterocycles. The molecule has 0 amide bonds. The van der Waals surface area contributed by atoms with E-state index in [4.69, 9.17) is 9.47 Å². The van der Waals surface area contributed by atoms with E-state index in [1.807, 2.05) is 0 Å². The van der Waals surface area contributed by atoms with Crippen LogP contribution in [0.3, 0.4) is 0 Å². The van der Waals surface area contributed by atoms with Crippen molar-refractivity contribution in [3.8, 4) is 0 Å². The molecule has 1 aromatic heterocycles. The number of benzene rings is 3. The van der Waals surface area contributed by atoms with Crippen LogP contribution in [0.4, 0.5) is 24.5 Å². The number of nitrogens with one attached hydrogen (secondary N) is 1. The summed E-state index contributed by atoms with van der Waals surface area (Å²) >= 11 is 0. The summed E-state index contributed by atoms with van der Waals surface area (Å²) in [4.78, 5) is 29.0. The van der Waals surface area contributed by atoms with Gasteiger partial charge in [-0.25, -0.2) is 9.59 Å². The summed E-state index contributed by atoms with van der Waals surface area (Å²) in [6, 6.07) is 17.9. The van der Waals surface area contributed by atoms with Gasteiger partial charge in [-0.3, -0.25) is 4.98 Å². The van der Waals surface area contributed by atoms with Gasteiger partial charge in [-0.1, -0.05) is 36.4 Å². The van der Waals surface area contributed by atoms with Gasteiger partial charge in [-0.2, -0.15) is 13.2 Å². The Bertz CT molecular complexity index is 1440. The van der Waals surface area contributed by atoms with Crippen LogP contribution in [0, 0.1) is 0 Å². The molecule has 1 unspecified atom stereocenters. The number of ether oxygens (including phenoxy) is 2. The number of carbonyl (C=O) groups is 2. The Morgan fingerprint density at radius 1 is 0.971 bits per heavy atom. The van der Waals surface area contributed by atoms with Gasteiger partial charge in [0.15, 0.2) is 0 Å². The van der Waals surface area contributed by atoms with Crippen LogP contribution in [0.5, 0.6) is 0 Å². The molecule has 170 valence electrons. The van der Waals surface area contributed by atoms with Crippen LogP contribution >= 0.6 is 0 Å². The van der Waals surface area contributed by atoms with Gasteiger partial charge in [0.05, 0.1) is 27.9 Å². The van der Waals surface area contributed by atoms with E-state index in [1.54, 1.807) is 48.5 Å². The minimum atomic E-state index is -4.49. The van der Waals surface area contributed by atoms with Gasteiger partial charge in [0.1, 0.15) is 0 Å². The smallest absolute Gasteiger partial charge is 0.416 e. The number of rotatable bonds is 4. The molecule has 1 N–H and O–H groups in total. The van der Waals surface area contributed by atoms with Crippen LogP contribution < -0.4 is 5.32 Å². The summed E-state index contributed by atoms with van der Waals surface area (Å²) in [7, 11) is 0. The van der Waals surface area contributed by atoms with Crippen LogP contribution in [0.15, 0.2) is 79.0 Å². The van der Waals surface area contributed by atoms with E-state index >= 15 is 0 Å². The molecule has 5 rings (SSSR count). The van der Waals surface area contributed by atoms with E-state index in [0.29, 0.717) is 27.9 Å². The summed E-state index contributed by atoms with van der Waals surface area (Å²) in [6.07, 6.45) is -4.29. The molecule has 34 heavy (non-hydrogen) atoms. The molecule has 0 aliphatic carbocycles. The molecule has 0 radical (unpaired) electrons. The number of anilines is 2. The second kappa shape index (κ2) is 8.18. The molecule has 0 spiro atoms. The highest BCUT2D eigenvalue weighted by Gasteiger charge is 2.34. The first-order chi connectivity index (χ1) is 16.3. The molecule has 0 saturated carbocycles. The third-order valence-electron chi connectivity index (χ3n) is 5.35. The number of carbonyl (C=O) groups excluding carboxylic acids is 2. The molecular weight excluding hydrogens is 449 g/mol. The largest absolute Gasteiger partial charge is 0.417 e. The summed E-state index contributed by atoms with van der Waals surface area (Å²) in [5.41, 5.74) is 1.09. The van der Waals surface area contributed by atoms with Gasteiger partial charge in [0, 0.05) is 22.8 Å². The van der Waals surface area contributed by atoms with Gasteiger partial charge in [-0.15, -0.1) is 0 Å². The number of halogens is 3. The topological polar surface area (TPSA) is 77.5 Å². The highest BCUT2D eigenvalue weighted by atomic mass is 19.4. The molecule has 3 aromatic carbocycles. The molecule has 1 atom stereocenters. The average molecular weight is 464 g/mol. The number of esters is 2. The Morgan fingerprint density at radius 2 is 1.74 bits per heavy atom. The van der Waals surface area contributed by atoms with Gasteiger partial charge in [0.25, 0.3) is 6.29 Å². The molecule has 2 heterocycles. The lowest BCUT2D eigenvalue weighted by Crippen LogP contribution is -2.13. The van der Waals surface area contributed by atoms with Crippen molar-refractivity contribution < 1.29 is 32.2 Å². The molecule has 9 heteroatoms. The number of para-hydroxylation sites is 1. The number of hydrogen-bond acceptors (Lipinski definition) is 6. The second-order valence-corrected chi connectivity index (χ2v) is 7.49. The standard InChI is InChI=1S/C25H15F3N2O4/c26-25(27,28)14-9-10-17-20(11-12-29-21(17)13-14)30-19-8-4-3-7-18(19)23(32)34-24-16-6-2-1-5-15(16)22(31)33-24/h1-13,24H,(H,29,30). The van der Waals surface area contributed by atoms with Crippen molar-refractivity contribution in [2.24, 2.45) is 0 Å². The Balaban J connectivity index is 1.44. The summed E-state index contributed by atoms with van der Waals surface area (Å²) in [5, 5.41) is 3.52. The summed E-state index contributed by atoms with van der Waals surface area (Å²) < 4.78 is 49.8. The van der Waals surface area contributed by atoms with Crippen LogP contribution in [0.2, 0.25) is 0 Å². The van der Waals surface area contributed by atoms with E-state index in [9.17, 15) is 22.8 Å². The second-order valence-electron chi connectivity index (χ2n) is 7.49. The first-order valence-corrected chi connectivity index (χ1v) is 10.1. The SMILES string of the molecule is O=C(OC1OC(=O)c2ccccc21)c1ccccc1Nc1ccnc2cc(C(F)(F)F)ccc12. The molecule has 0 saturated heterocycles. The number of fused-ring (bicyclic) bond motifs is 2. The summed E-state index contributed by atoms with van der Waals surface area (Å²) in [6.45, 7) is 0. The fourth-order valence-corrected chi connectivity index (χ4v) is 3.71. The minimum Gasteiger partial charge on any atom is -0.417 e. The Labute approximate surface area is 190 Å². The Morgan fingerprint density at radius 3 is 2.56 bits per heavy atom. The van der Waals surface area contributed by atoms with Gasteiger partial charge < -0.3 is 14.8 Å². The number of hydrogen-bond donors (Lipinski definition) is 1. The van der Waals surface area contributed by atoms with Crippen LogP contribution in [-0.2, 0) is 15.7 Å². The maximum atomic E-state index is 13.1. The van der Waals surface area contributed by atoms with Crippen molar-refractivity contribution in [3.05, 3.63) is 101 Å². The molecule has 1 aliphatic rings. The molecule has 6 nitrogen and oxygen atoms in total. The Hall–Kier alpha value is -4.40. The fourth-order valence-electron chi connectivity index (χ4n) is 3.71. The van der Waals surface area contributed by atoms with Gasteiger partial charge >= 0.3 is 18.1 Å².